The second-order valence-corrected chi connectivity index (χ2v) is 3.40. The van der Waals surface area contributed by atoms with Crippen molar-refractivity contribution in [2.45, 2.75) is 19.4 Å². The summed E-state index contributed by atoms with van der Waals surface area (Å²) in [6.07, 6.45) is 3.50. The van der Waals surface area contributed by atoms with E-state index in [4.69, 9.17) is 4.42 Å². The van der Waals surface area contributed by atoms with Crippen LogP contribution < -0.4 is 56.5 Å². The molecule has 15 heavy (non-hydrogen) atoms. The third-order valence-electron chi connectivity index (χ3n) is 2.32. The minimum Gasteiger partial charge on any atom is -0.543 e. The molecule has 0 radical (unpaired) electrons. The molecule has 0 spiro atoms. The smallest absolute Gasteiger partial charge is 0.543 e. The molecule has 0 unspecified atom stereocenters. The summed E-state index contributed by atoms with van der Waals surface area (Å²) < 4.78 is 5.01. The standard InChI is InChI=1S/C9H12N2O3.K/c12-9(13)7-6-14-8(10-7)5-11-3-1-2-4-11;/h6H,1-5H2,(H,12,13);/q;+1/p-1. The van der Waals surface area contributed by atoms with Crippen LogP contribution in [-0.4, -0.2) is 28.9 Å². The Morgan fingerprint density at radius 1 is 1.53 bits per heavy atom. The molecule has 0 atom stereocenters. The SMILES string of the molecule is O=C([O-])c1coc(CN2CCCC2)n1.[K+]. The third kappa shape index (κ3) is 3.65. The molecule has 0 N–H and O–H groups in total. The Kier molecular flexibility index (Phi) is 5.44. The molecule has 0 aliphatic carbocycles. The maximum atomic E-state index is 10.4. The number of hydrogen-bond acceptors (Lipinski definition) is 5. The molecule has 1 aromatic heterocycles. The van der Waals surface area contributed by atoms with E-state index in [2.05, 4.69) is 9.88 Å². The second-order valence-electron chi connectivity index (χ2n) is 3.40. The number of hydrogen-bond donors (Lipinski definition) is 0. The van der Waals surface area contributed by atoms with Gasteiger partial charge in [-0.15, -0.1) is 0 Å². The topological polar surface area (TPSA) is 69.4 Å². The molecule has 5 nitrogen and oxygen atoms in total. The van der Waals surface area contributed by atoms with Crippen LogP contribution in [0.25, 0.3) is 0 Å². The van der Waals surface area contributed by atoms with Gasteiger partial charge >= 0.3 is 51.4 Å². The van der Waals surface area contributed by atoms with Crippen molar-refractivity contribution in [2.24, 2.45) is 0 Å². The van der Waals surface area contributed by atoms with E-state index in [-0.39, 0.29) is 57.1 Å². The van der Waals surface area contributed by atoms with Crippen molar-refractivity contribution < 1.29 is 65.7 Å². The van der Waals surface area contributed by atoms with Gasteiger partial charge in [-0.2, -0.15) is 0 Å². The van der Waals surface area contributed by atoms with E-state index in [1.54, 1.807) is 0 Å². The van der Waals surface area contributed by atoms with Gasteiger partial charge in [0.2, 0.25) is 5.89 Å². The first kappa shape index (κ1) is 13.3. The zero-order valence-electron chi connectivity index (χ0n) is 8.73. The van der Waals surface area contributed by atoms with Gasteiger partial charge in [-0.1, -0.05) is 0 Å². The van der Waals surface area contributed by atoms with E-state index < -0.39 is 5.97 Å². The van der Waals surface area contributed by atoms with Gasteiger partial charge in [-0.05, 0) is 25.9 Å². The molecule has 1 saturated heterocycles. The molecule has 76 valence electrons. The molecule has 0 aromatic carbocycles. The Labute approximate surface area is 130 Å². The number of carboxylic acid groups (broad SMARTS) is 1. The summed E-state index contributed by atoms with van der Waals surface area (Å²) in [6.45, 7) is 2.65. The zero-order valence-corrected chi connectivity index (χ0v) is 11.9. The van der Waals surface area contributed by atoms with Crippen molar-refractivity contribution in [3.63, 3.8) is 0 Å². The molecule has 1 aromatic rings. The molecule has 0 saturated carbocycles. The Morgan fingerprint density at radius 3 is 2.73 bits per heavy atom. The van der Waals surface area contributed by atoms with Crippen LogP contribution in [0.5, 0.6) is 0 Å². The second kappa shape index (κ2) is 6.12. The Balaban J connectivity index is 0.00000112. The number of aromatic nitrogens is 1. The minimum absolute atomic E-state index is 0. The van der Waals surface area contributed by atoms with Crippen molar-refractivity contribution in [1.82, 2.24) is 9.88 Å². The summed E-state index contributed by atoms with van der Waals surface area (Å²) in [5.41, 5.74) is -0.126. The summed E-state index contributed by atoms with van der Waals surface area (Å²) in [4.78, 5) is 16.4. The molecule has 1 aliphatic rings. The predicted octanol–water partition coefficient (Wildman–Crippen LogP) is -3.36. The molecule has 1 fully saturated rings. The fraction of sp³-hybridized carbons (Fsp3) is 0.556. The van der Waals surface area contributed by atoms with Gasteiger partial charge in [0.25, 0.3) is 0 Å². The number of carbonyl (C=O) groups is 1. The predicted molar refractivity (Wildman–Crippen MR) is 45.3 cm³/mol. The van der Waals surface area contributed by atoms with Crippen LogP contribution in [0, 0.1) is 0 Å². The van der Waals surface area contributed by atoms with E-state index in [9.17, 15) is 9.90 Å². The fourth-order valence-corrected chi connectivity index (χ4v) is 1.61. The molecule has 0 bridgehead atoms. The number of nitrogens with zero attached hydrogens (tertiary/aromatic N) is 2. The van der Waals surface area contributed by atoms with Gasteiger partial charge in [-0.25, -0.2) is 4.98 Å². The Hall–Kier alpha value is 0.276. The van der Waals surface area contributed by atoms with Crippen molar-refractivity contribution in [3.05, 3.63) is 17.8 Å². The van der Waals surface area contributed by atoms with Crippen LogP contribution in [0.1, 0.15) is 29.2 Å². The summed E-state index contributed by atoms with van der Waals surface area (Å²) in [5, 5.41) is 10.4. The maximum Gasteiger partial charge on any atom is 1.00 e. The number of aromatic carboxylic acids is 1. The largest absolute Gasteiger partial charge is 1.00 e. The van der Waals surface area contributed by atoms with Crippen LogP contribution in [0.4, 0.5) is 0 Å². The van der Waals surface area contributed by atoms with Gasteiger partial charge in [-0.3, -0.25) is 4.90 Å². The summed E-state index contributed by atoms with van der Waals surface area (Å²) in [5.74, 6) is -0.840. The van der Waals surface area contributed by atoms with Crippen LogP contribution in [-0.2, 0) is 6.54 Å². The Bertz CT molecular complexity index is 334. The van der Waals surface area contributed by atoms with Crippen molar-refractivity contribution >= 4 is 5.97 Å². The van der Waals surface area contributed by atoms with E-state index >= 15 is 0 Å². The Morgan fingerprint density at radius 2 is 2.20 bits per heavy atom. The maximum absolute atomic E-state index is 10.4. The number of carboxylic acids is 1. The monoisotopic (exact) mass is 234 g/mol. The average molecular weight is 234 g/mol. The van der Waals surface area contributed by atoms with Crippen molar-refractivity contribution in [3.8, 4) is 0 Å². The first-order valence-corrected chi connectivity index (χ1v) is 4.64. The average Bonchev–Trinajstić information content (AvgIpc) is 2.75. The number of likely N-dealkylation sites (tertiary alicyclic amines) is 1. The first-order chi connectivity index (χ1) is 6.75. The van der Waals surface area contributed by atoms with Crippen molar-refractivity contribution in [1.29, 1.82) is 0 Å². The van der Waals surface area contributed by atoms with E-state index in [1.165, 1.54) is 12.8 Å². The van der Waals surface area contributed by atoms with Gasteiger partial charge < -0.3 is 14.3 Å². The van der Waals surface area contributed by atoms with E-state index in [0.29, 0.717) is 12.4 Å². The van der Waals surface area contributed by atoms with Crippen LogP contribution >= 0.6 is 0 Å². The molecular weight excluding hydrogens is 223 g/mol. The van der Waals surface area contributed by atoms with Gasteiger partial charge in [0.15, 0.2) is 0 Å². The van der Waals surface area contributed by atoms with Gasteiger partial charge in [0, 0.05) is 0 Å². The summed E-state index contributed by atoms with van der Waals surface area (Å²) >= 11 is 0. The normalized spacial score (nSPS) is 16.3. The van der Waals surface area contributed by atoms with Crippen molar-refractivity contribution in [2.75, 3.05) is 13.1 Å². The molecule has 6 heteroatoms. The number of rotatable bonds is 3. The molecular formula is C9H11KN2O3. The zero-order chi connectivity index (χ0) is 9.97. The van der Waals surface area contributed by atoms with Crippen LogP contribution in [0.3, 0.4) is 0 Å². The number of oxazole rings is 1. The van der Waals surface area contributed by atoms with Crippen LogP contribution in [0.15, 0.2) is 10.7 Å². The quantitative estimate of drug-likeness (QED) is 0.511. The van der Waals surface area contributed by atoms with Gasteiger partial charge in [0.1, 0.15) is 12.0 Å². The van der Waals surface area contributed by atoms with E-state index in [0.717, 1.165) is 19.4 Å². The summed E-state index contributed by atoms with van der Waals surface area (Å²) in [6, 6.07) is 0. The first-order valence-electron chi connectivity index (χ1n) is 4.64. The minimum atomic E-state index is -1.29. The molecule has 0 amide bonds. The summed E-state index contributed by atoms with van der Waals surface area (Å²) in [7, 11) is 0. The molecule has 2 heterocycles. The third-order valence-corrected chi connectivity index (χ3v) is 2.32. The fourth-order valence-electron chi connectivity index (χ4n) is 1.61. The number of carbonyl (C=O) groups excluding carboxylic acids is 1. The van der Waals surface area contributed by atoms with Crippen LogP contribution in [0.2, 0.25) is 0 Å². The molecule has 2 rings (SSSR count). The van der Waals surface area contributed by atoms with Gasteiger partial charge in [0.05, 0.1) is 12.5 Å². The van der Waals surface area contributed by atoms with E-state index in [1.807, 2.05) is 0 Å². The molecule has 1 aliphatic heterocycles.